The van der Waals surface area contributed by atoms with E-state index in [4.69, 9.17) is 5.26 Å². The Morgan fingerprint density at radius 1 is 1.00 bits per heavy atom. The predicted octanol–water partition coefficient (Wildman–Crippen LogP) is 3.67. The van der Waals surface area contributed by atoms with Gasteiger partial charge in [0, 0.05) is 24.1 Å². The lowest BCUT2D eigenvalue weighted by Gasteiger charge is -2.09. The van der Waals surface area contributed by atoms with Crippen molar-refractivity contribution in [1.29, 1.82) is 5.26 Å². The highest BCUT2D eigenvalue weighted by molar-refractivity contribution is 5.93. The number of hydrogen-bond donors (Lipinski definition) is 2. The van der Waals surface area contributed by atoms with E-state index in [-0.39, 0.29) is 5.91 Å². The number of carbonyl (C=O) groups is 1. The van der Waals surface area contributed by atoms with Crippen LogP contribution < -0.4 is 10.6 Å². The molecule has 0 spiro atoms. The zero-order valence-electron chi connectivity index (χ0n) is 14.1. The largest absolute Gasteiger partial charge is 0.355 e. The molecule has 2 aromatic carbocycles. The lowest BCUT2D eigenvalue weighted by atomic mass is 10.1. The van der Waals surface area contributed by atoms with Crippen molar-refractivity contribution in [1.82, 2.24) is 10.3 Å². The van der Waals surface area contributed by atoms with Gasteiger partial charge in [-0.05, 0) is 42.3 Å². The van der Waals surface area contributed by atoms with E-state index in [0.29, 0.717) is 17.8 Å². The van der Waals surface area contributed by atoms with E-state index in [1.165, 1.54) is 5.56 Å². The molecule has 1 aromatic heterocycles. The molecule has 0 aliphatic rings. The van der Waals surface area contributed by atoms with Crippen molar-refractivity contribution in [3.05, 3.63) is 89.7 Å². The van der Waals surface area contributed by atoms with Crippen LogP contribution in [0.2, 0.25) is 0 Å². The van der Waals surface area contributed by atoms with Gasteiger partial charge in [0.25, 0.3) is 5.91 Å². The molecule has 0 aliphatic carbocycles. The summed E-state index contributed by atoms with van der Waals surface area (Å²) >= 11 is 0. The van der Waals surface area contributed by atoms with Crippen molar-refractivity contribution in [3.63, 3.8) is 0 Å². The Hall–Kier alpha value is -3.65. The summed E-state index contributed by atoms with van der Waals surface area (Å²) in [5, 5.41) is 15.0. The molecule has 0 radical (unpaired) electrons. The van der Waals surface area contributed by atoms with Crippen LogP contribution in [-0.2, 0) is 6.42 Å². The lowest BCUT2D eigenvalue weighted by molar-refractivity contribution is 0.0949. The van der Waals surface area contributed by atoms with Crippen LogP contribution in [0, 0.1) is 11.3 Å². The molecule has 0 bridgehead atoms. The number of nitrogens with zero attached hydrogens (tertiary/aromatic N) is 2. The quantitative estimate of drug-likeness (QED) is 0.716. The zero-order chi connectivity index (χ0) is 18.2. The molecule has 5 heteroatoms. The summed E-state index contributed by atoms with van der Waals surface area (Å²) in [7, 11) is 0. The summed E-state index contributed by atoms with van der Waals surface area (Å²) in [6.45, 7) is 0.548. The Labute approximate surface area is 152 Å². The molecule has 0 saturated carbocycles. The van der Waals surface area contributed by atoms with E-state index in [1.807, 2.05) is 36.4 Å². The fraction of sp³-hybridized carbons (Fsp3) is 0.0952. The van der Waals surface area contributed by atoms with Gasteiger partial charge >= 0.3 is 0 Å². The van der Waals surface area contributed by atoms with Crippen LogP contribution in [0.25, 0.3) is 0 Å². The van der Waals surface area contributed by atoms with E-state index in [1.54, 1.807) is 36.5 Å². The summed E-state index contributed by atoms with van der Waals surface area (Å²) in [6.07, 6.45) is 2.36. The second kappa shape index (κ2) is 8.45. The van der Waals surface area contributed by atoms with Gasteiger partial charge in [0.05, 0.1) is 11.6 Å². The number of nitrogens with one attached hydrogen (secondary N) is 2. The first-order valence-corrected chi connectivity index (χ1v) is 8.30. The van der Waals surface area contributed by atoms with Gasteiger partial charge in [-0.25, -0.2) is 0 Å². The predicted molar refractivity (Wildman–Crippen MR) is 101 cm³/mol. The molecule has 26 heavy (non-hydrogen) atoms. The summed E-state index contributed by atoms with van der Waals surface area (Å²) in [5.74, 6) is -0.213. The van der Waals surface area contributed by atoms with Gasteiger partial charge in [-0.2, -0.15) is 5.26 Å². The highest BCUT2D eigenvalue weighted by Gasteiger charge is 2.08. The number of carbonyl (C=O) groups excluding carboxylic acids is 1. The first kappa shape index (κ1) is 17.2. The molecule has 0 saturated heterocycles. The number of benzene rings is 2. The molecular formula is C21H18N4O. The van der Waals surface area contributed by atoms with Crippen molar-refractivity contribution < 1.29 is 4.79 Å². The summed E-state index contributed by atoms with van der Waals surface area (Å²) in [5.41, 5.74) is 3.62. The van der Waals surface area contributed by atoms with Gasteiger partial charge in [-0.3, -0.25) is 9.78 Å². The average molecular weight is 342 g/mol. The Morgan fingerprint density at radius 2 is 1.81 bits per heavy atom. The van der Waals surface area contributed by atoms with Crippen LogP contribution in [0.5, 0.6) is 0 Å². The van der Waals surface area contributed by atoms with Crippen molar-refractivity contribution in [2.75, 3.05) is 11.9 Å². The van der Waals surface area contributed by atoms with Gasteiger partial charge in [-0.15, -0.1) is 0 Å². The Morgan fingerprint density at radius 3 is 2.62 bits per heavy atom. The number of rotatable bonds is 6. The third kappa shape index (κ3) is 4.68. The first-order valence-electron chi connectivity index (χ1n) is 8.30. The maximum absolute atomic E-state index is 12.3. The minimum atomic E-state index is -0.213. The second-order valence-electron chi connectivity index (χ2n) is 5.74. The van der Waals surface area contributed by atoms with Gasteiger partial charge < -0.3 is 10.6 Å². The fourth-order valence-electron chi connectivity index (χ4n) is 2.52. The van der Waals surface area contributed by atoms with Crippen LogP contribution in [0.15, 0.2) is 72.9 Å². The van der Waals surface area contributed by atoms with E-state index in [9.17, 15) is 4.79 Å². The lowest BCUT2D eigenvalue weighted by Crippen LogP contribution is -2.26. The SMILES string of the molecule is N#Cc1cccc(Nc2ccnc(C(=O)NCCc3ccccc3)c2)c1. The van der Waals surface area contributed by atoms with Crippen LogP contribution in [0.3, 0.4) is 0 Å². The highest BCUT2D eigenvalue weighted by atomic mass is 16.1. The maximum atomic E-state index is 12.3. The van der Waals surface area contributed by atoms with Gasteiger partial charge in [0.1, 0.15) is 5.69 Å². The van der Waals surface area contributed by atoms with Gasteiger partial charge in [0.15, 0.2) is 0 Å². The minimum Gasteiger partial charge on any atom is -0.355 e. The van der Waals surface area contributed by atoms with E-state index in [0.717, 1.165) is 17.8 Å². The summed E-state index contributed by atoms with van der Waals surface area (Å²) in [6, 6.07) is 22.7. The molecule has 5 nitrogen and oxygen atoms in total. The average Bonchev–Trinajstić information content (AvgIpc) is 2.69. The third-order valence-electron chi connectivity index (χ3n) is 3.81. The number of anilines is 2. The second-order valence-corrected chi connectivity index (χ2v) is 5.74. The molecule has 3 aromatic rings. The molecule has 0 atom stereocenters. The number of nitriles is 1. The standard InChI is InChI=1S/C21H18N4O/c22-15-17-7-4-8-18(13-17)25-19-10-12-23-20(14-19)21(26)24-11-9-16-5-2-1-3-6-16/h1-8,10,12-14H,9,11H2,(H,23,25)(H,24,26). The van der Waals surface area contributed by atoms with Crippen LogP contribution in [0.4, 0.5) is 11.4 Å². The Bertz CT molecular complexity index is 932. The normalized spacial score (nSPS) is 9.96. The molecule has 1 heterocycles. The van der Waals surface area contributed by atoms with Crippen molar-refractivity contribution in [2.45, 2.75) is 6.42 Å². The van der Waals surface area contributed by atoms with Gasteiger partial charge in [-0.1, -0.05) is 36.4 Å². The van der Waals surface area contributed by atoms with Crippen LogP contribution in [0.1, 0.15) is 21.6 Å². The van der Waals surface area contributed by atoms with Gasteiger partial charge in [0.2, 0.25) is 0 Å². The van der Waals surface area contributed by atoms with E-state index >= 15 is 0 Å². The van der Waals surface area contributed by atoms with E-state index < -0.39 is 0 Å². The minimum absolute atomic E-state index is 0.213. The topological polar surface area (TPSA) is 77.8 Å². The van der Waals surface area contributed by atoms with E-state index in [2.05, 4.69) is 21.7 Å². The third-order valence-corrected chi connectivity index (χ3v) is 3.81. The molecule has 128 valence electrons. The smallest absolute Gasteiger partial charge is 0.269 e. The monoisotopic (exact) mass is 342 g/mol. The fourth-order valence-corrected chi connectivity index (χ4v) is 2.52. The molecule has 2 N–H and O–H groups in total. The molecule has 0 unspecified atom stereocenters. The Kier molecular flexibility index (Phi) is 5.58. The van der Waals surface area contributed by atoms with Crippen LogP contribution >= 0.6 is 0 Å². The molecular weight excluding hydrogens is 324 g/mol. The number of hydrogen-bond acceptors (Lipinski definition) is 4. The van der Waals surface area contributed by atoms with Crippen molar-refractivity contribution >= 4 is 17.3 Å². The highest BCUT2D eigenvalue weighted by Crippen LogP contribution is 2.17. The molecule has 3 rings (SSSR count). The maximum Gasteiger partial charge on any atom is 0.269 e. The van der Waals surface area contributed by atoms with Crippen LogP contribution in [-0.4, -0.2) is 17.4 Å². The van der Waals surface area contributed by atoms with Crippen molar-refractivity contribution in [3.8, 4) is 6.07 Å². The molecule has 0 fully saturated rings. The zero-order valence-corrected chi connectivity index (χ0v) is 14.1. The summed E-state index contributed by atoms with van der Waals surface area (Å²) in [4.78, 5) is 16.4. The number of pyridine rings is 1. The molecule has 1 amide bonds. The number of amides is 1. The summed E-state index contributed by atoms with van der Waals surface area (Å²) < 4.78 is 0. The Balaban J connectivity index is 1.61. The molecule has 0 aliphatic heterocycles. The number of aromatic nitrogens is 1. The van der Waals surface area contributed by atoms with Crippen molar-refractivity contribution in [2.24, 2.45) is 0 Å². The first-order chi connectivity index (χ1) is 12.7.